The molecule has 0 unspecified atom stereocenters. The van der Waals surface area contributed by atoms with Gasteiger partial charge in [0, 0.05) is 5.56 Å². The van der Waals surface area contributed by atoms with E-state index in [1.807, 2.05) is 42.5 Å². The van der Waals surface area contributed by atoms with Gasteiger partial charge in [-0.2, -0.15) is 0 Å². The third kappa shape index (κ3) is 2.39. The van der Waals surface area contributed by atoms with E-state index in [1.165, 1.54) is 0 Å². The van der Waals surface area contributed by atoms with E-state index in [-0.39, 0.29) is 5.84 Å². The molecule has 2 aromatic carbocycles. The molecule has 0 aliphatic heterocycles. The molecule has 0 amide bonds. The average Bonchev–Trinajstić information content (AvgIpc) is 2.92. The number of amidine groups is 1. The topological polar surface area (TPSA) is 82.5 Å². The van der Waals surface area contributed by atoms with E-state index in [4.69, 9.17) is 0 Å². The molecule has 0 aliphatic carbocycles. The molecule has 98 valence electrons. The van der Waals surface area contributed by atoms with Crippen molar-refractivity contribution in [3.05, 3.63) is 65.1 Å². The highest BCUT2D eigenvalue weighted by Crippen LogP contribution is 2.13. The summed E-state index contributed by atoms with van der Waals surface area (Å²) in [5.74, 6) is 0.536. The fourth-order valence-electron chi connectivity index (χ4n) is 1.84. The van der Waals surface area contributed by atoms with Gasteiger partial charge in [0.25, 0.3) is 0 Å². The lowest BCUT2D eigenvalue weighted by atomic mass is 10.2. The Hall–Kier alpha value is -3.02. The zero-order chi connectivity index (χ0) is 13.8. The van der Waals surface area contributed by atoms with Crippen LogP contribution in [0.15, 0.2) is 64.9 Å². The minimum Gasteiger partial charge on any atom is -0.323 e. The van der Waals surface area contributed by atoms with Crippen molar-refractivity contribution in [2.24, 2.45) is 10.3 Å². The second kappa shape index (κ2) is 5.31. The Balaban J connectivity index is 1.86. The van der Waals surface area contributed by atoms with E-state index in [9.17, 15) is 4.91 Å². The van der Waals surface area contributed by atoms with Gasteiger partial charge in [-0.05, 0) is 17.3 Å². The Morgan fingerprint density at radius 2 is 1.80 bits per heavy atom. The molecule has 2 N–H and O–H groups in total. The van der Waals surface area contributed by atoms with Crippen molar-refractivity contribution >= 4 is 22.8 Å². The highest BCUT2D eigenvalue weighted by molar-refractivity contribution is 5.99. The number of imidazole rings is 1. The zero-order valence-electron chi connectivity index (χ0n) is 10.4. The maximum Gasteiger partial charge on any atom is 0.222 e. The second-order valence-electron chi connectivity index (χ2n) is 4.11. The van der Waals surface area contributed by atoms with Gasteiger partial charge >= 0.3 is 0 Å². The Morgan fingerprint density at radius 3 is 2.55 bits per heavy atom. The molecule has 3 rings (SSSR count). The van der Waals surface area contributed by atoms with Crippen LogP contribution in [0.2, 0.25) is 0 Å². The summed E-state index contributed by atoms with van der Waals surface area (Å²) in [6, 6.07) is 16.6. The van der Waals surface area contributed by atoms with Gasteiger partial charge in [0.05, 0.1) is 11.0 Å². The van der Waals surface area contributed by atoms with Crippen molar-refractivity contribution < 1.29 is 0 Å². The van der Waals surface area contributed by atoms with Gasteiger partial charge in [-0.15, -0.1) is 10.0 Å². The Bertz CT molecular complexity index is 730. The molecule has 0 fully saturated rings. The lowest BCUT2D eigenvalue weighted by Gasteiger charge is -1.98. The Morgan fingerprint density at radius 1 is 1.05 bits per heavy atom. The number of hydrogen-bond acceptors (Lipinski definition) is 4. The first kappa shape index (κ1) is 12.0. The highest BCUT2D eigenvalue weighted by atomic mass is 16.3. The van der Waals surface area contributed by atoms with Crippen LogP contribution < -0.4 is 5.43 Å². The van der Waals surface area contributed by atoms with Crippen LogP contribution in [0, 0.1) is 4.91 Å². The number of aromatic nitrogens is 2. The lowest BCUT2D eigenvalue weighted by Crippen LogP contribution is -2.01. The van der Waals surface area contributed by atoms with Gasteiger partial charge in [-0.1, -0.05) is 42.5 Å². The SMILES string of the molecule is O=N/C(=N/Nc1nc2ccccc2[nH]1)c1ccccc1. The van der Waals surface area contributed by atoms with Crippen molar-refractivity contribution in [3.8, 4) is 0 Å². The van der Waals surface area contributed by atoms with Gasteiger partial charge in [-0.3, -0.25) is 0 Å². The number of aromatic amines is 1. The van der Waals surface area contributed by atoms with E-state index < -0.39 is 0 Å². The molecule has 0 saturated carbocycles. The van der Waals surface area contributed by atoms with E-state index >= 15 is 0 Å². The van der Waals surface area contributed by atoms with Crippen LogP contribution in [0.5, 0.6) is 0 Å². The maximum absolute atomic E-state index is 10.8. The summed E-state index contributed by atoms with van der Waals surface area (Å²) < 4.78 is 0. The van der Waals surface area contributed by atoms with E-state index in [0.717, 1.165) is 11.0 Å². The number of nitrogens with one attached hydrogen (secondary N) is 2. The third-order valence-corrected chi connectivity index (χ3v) is 2.78. The van der Waals surface area contributed by atoms with Gasteiger partial charge in [0.1, 0.15) is 0 Å². The van der Waals surface area contributed by atoms with E-state index in [0.29, 0.717) is 11.5 Å². The number of benzene rings is 2. The predicted octanol–water partition coefficient (Wildman–Crippen LogP) is 3.10. The third-order valence-electron chi connectivity index (χ3n) is 2.78. The number of hydrazone groups is 1. The molecule has 20 heavy (non-hydrogen) atoms. The first-order valence-electron chi connectivity index (χ1n) is 6.04. The summed E-state index contributed by atoms with van der Waals surface area (Å²) in [7, 11) is 0. The quantitative estimate of drug-likeness (QED) is 0.330. The molecule has 1 aromatic heterocycles. The predicted molar refractivity (Wildman–Crippen MR) is 78.5 cm³/mol. The summed E-state index contributed by atoms with van der Waals surface area (Å²) in [4.78, 5) is 18.2. The van der Waals surface area contributed by atoms with E-state index in [2.05, 4.69) is 25.7 Å². The summed E-state index contributed by atoms with van der Waals surface area (Å²) in [5, 5.41) is 6.89. The lowest BCUT2D eigenvalue weighted by molar-refractivity contribution is 1.20. The number of nitrogens with zero attached hydrogens (tertiary/aromatic N) is 3. The van der Waals surface area contributed by atoms with Crippen LogP contribution >= 0.6 is 0 Å². The van der Waals surface area contributed by atoms with Crippen LogP contribution in [0.3, 0.4) is 0 Å². The fourth-order valence-corrected chi connectivity index (χ4v) is 1.84. The smallest absolute Gasteiger partial charge is 0.222 e. The van der Waals surface area contributed by atoms with Crippen molar-refractivity contribution in [1.29, 1.82) is 0 Å². The first-order valence-corrected chi connectivity index (χ1v) is 6.04. The van der Waals surface area contributed by atoms with Crippen molar-refractivity contribution in [2.75, 3.05) is 5.43 Å². The summed E-state index contributed by atoms with van der Waals surface area (Å²) in [6.07, 6.45) is 0. The van der Waals surface area contributed by atoms with Crippen LogP contribution in [0.4, 0.5) is 5.95 Å². The standard InChI is InChI=1S/C14H11N5O/c20-19-13(10-6-2-1-3-7-10)17-18-14-15-11-8-4-5-9-12(11)16-14/h1-9H,(H2,15,16,18)/b17-13+. The van der Waals surface area contributed by atoms with Crippen molar-refractivity contribution in [3.63, 3.8) is 0 Å². The second-order valence-corrected chi connectivity index (χ2v) is 4.11. The van der Waals surface area contributed by atoms with Crippen LogP contribution in [0.25, 0.3) is 11.0 Å². The molecular weight excluding hydrogens is 254 g/mol. The number of fused-ring (bicyclic) bond motifs is 1. The largest absolute Gasteiger partial charge is 0.323 e. The number of H-pyrrole nitrogens is 1. The van der Waals surface area contributed by atoms with Crippen LogP contribution in [-0.2, 0) is 0 Å². The maximum atomic E-state index is 10.8. The van der Waals surface area contributed by atoms with Crippen LogP contribution in [0.1, 0.15) is 5.56 Å². The number of para-hydroxylation sites is 2. The molecule has 6 heteroatoms. The molecule has 0 saturated heterocycles. The minimum atomic E-state index is 0.0751. The van der Waals surface area contributed by atoms with Gasteiger partial charge in [0.2, 0.25) is 11.8 Å². The van der Waals surface area contributed by atoms with Crippen molar-refractivity contribution in [1.82, 2.24) is 9.97 Å². The average molecular weight is 265 g/mol. The minimum absolute atomic E-state index is 0.0751. The molecule has 1 heterocycles. The van der Waals surface area contributed by atoms with Crippen LogP contribution in [-0.4, -0.2) is 15.8 Å². The van der Waals surface area contributed by atoms with Gasteiger partial charge in [-0.25, -0.2) is 10.4 Å². The monoisotopic (exact) mass is 265 g/mol. The zero-order valence-corrected chi connectivity index (χ0v) is 10.4. The summed E-state index contributed by atoms with van der Waals surface area (Å²) >= 11 is 0. The molecular formula is C14H11N5O. The Kier molecular flexibility index (Phi) is 3.20. The van der Waals surface area contributed by atoms with Crippen molar-refractivity contribution in [2.45, 2.75) is 0 Å². The highest BCUT2D eigenvalue weighted by Gasteiger charge is 2.04. The number of anilines is 1. The van der Waals surface area contributed by atoms with Gasteiger partial charge in [0.15, 0.2) is 0 Å². The summed E-state index contributed by atoms with van der Waals surface area (Å²) in [6.45, 7) is 0. The first-order chi connectivity index (χ1) is 9.86. The molecule has 0 atom stereocenters. The van der Waals surface area contributed by atoms with Gasteiger partial charge < -0.3 is 4.98 Å². The fraction of sp³-hybridized carbons (Fsp3) is 0. The Labute approximate surface area is 114 Å². The molecule has 6 nitrogen and oxygen atoms in total. The molecule has 3 aromatic rings. The molecule has 0 aliphatic rings. The normalized spacial score (nSPS) is 11.5. The molecule has 0 bridgehead atoms. The summed E-state index contributed by atoms with van der Waals surface area (Å²) in [5.41, 5.74) is 5.07. The van der Waals surface area contributed by atoms with E-state index in [1.54, 1.807) is 12.1 Å². The number of hydrogen-bond donors (Lipinski definition) is 2. The molecule has 0 spiro atoms. The molecule has 0 radical (unpaired) electrons. The number of rotatable bonds is 3. The number of nitroso groups, excluding NO2 is 1.